The van der Waals surface area contributed by atoms with Gasteiger partial charge in [0.25, 0.3) is 5.91 Å². The van der Waals surface area contributed by atoms with Crippen molar-refractivity contribution in [3.05, 3.63) is 23.5 Å². The van der Waals surface area contributed by atoms with Crippen molar-refractivity contribution in [2.75, 3.05) is 38.5 Å². The first-order chi connectivity index (χ1) is 9.02. The van der Waals surface area contributed by atoms with E-state index in [1.165, 1.54) is 0 Å². The number of alkyl halides is 1. The normalized spacial score (nSPS) is 18.1. The van der Waals surface area contributed by atoms with Crippen molar-refractivity contribution >= 4 is 35.6 Å². The molecule has 1 aliphatic heterocycles. The number of aromatic nitrogens is 1. The fourth-order valence-electron chi connectivity index (χ4n) is 2.44. The lowest BCUT2D eigenvalue weighted by molar-refractivity contribution is 0.0782. The van der Waals surface area contributed by atoms with Crippen molar-refractivity contribution in [1.82, 2.24) is 9.88 Å². The minimum Gasteiger partial charge on any atom is -0.376 e. The number of rotatable bonds is 3. The smallest absolute Gasteiger partial charge is 0.255 e. The van der Waals surface area contributed by atoms with E-state index >= 15 is 0 Å². The predicted molar refractivity (Wildman–Crippen MR) is 85.3 cm³/mol. The second kappa shape index (κ2) is 7.14. The molecule has 1 amide bonds. The third kappa shape index (κ3) is 3.55. The third-order valence-corrected chi connectivity index (χ3v) is 3.80. The fourth-order valence-corrected chi connectivity index (χ4v) is 2.74. The molecule has 0 saturated heterocycles. The lowest BCUT2D eigenvalue weighted by Gasteiger charge is -2.19. The van der Waals surface area contributed by atoms with Crippen LogP contribution in [-0.4, -0.2) is 49.4 Å². The molecule has 0 radical (unpaired) electrons. The van der Waals surface area contributed by atoms with Gasteiger partial charge in [-0.25, -0.2) is 0 Å². The lowest BCUT2D eigenvalue weighted by Crippen LogP contribution is -2.30. The summed E-state index contributed by atoms with van der Waals surface area (Å²) in [6.07, 6.45) is 3.57. The second-order valence-corrected chi connectivity index (χ2v) is 5.69. The fraction of sp³-hybridized carbons (Fsp3) is 0.571. The highest BCUT2D eigenvalue weighted by atomic mass is 35.5. The van der Waals surface area contributed by atoms with Gasteiger partial charge < -0.3 is 9.80 Å². The summed E-state index contributed by atoms with van der Waals surface area (Å²) in [7, 11) is 5.75. The van der Waals surface area contributed by atoms with Crippen LogP contribution in [0.25, 0.3) is 0 Å². The number of hydrogen-bond acceptors (Lipinski definition) is 3. The third-order valence-electron chi connectivity index (χ3n) is 3.58. The van der Waals surface area contributed by atoms with Crippen LogP contribution in [0.1, 0.15) is 22.5 Å². The Balaban J connectivity index is 0.00000200. The Labute approximate surface area is 131 Å². The zero-order chi connectivity index (χ0) is 14.0. The van der Waals surface area contributed by atoms with E-state index in [0.717, 1.165) is 36.3 Å². The Morgan fingerprint density at radius 2 is 2.20 bits per heavy atom. The Bertz CT molecular complexity index is 479. The number of fused-ring (bicyclic) bond motifs is 1. The van der Waals surface area contributed by atoms with E-state index in [2.05, 4.69) is 4.98 Å². The number of carbonyl (C=O) groups is 1. The van der Waals surface area contributed by atoms with E-state index in [9.17, 15) is 4.79 Å². The van der Waals surface area contributed by atoms with Gasteiger partial charge in [-0.2, -0.15) is 0 Å². The molecule has 1 aliphatic rings. The topological polar surface area (TPSA) is 36.4 Å². The van der Waals surface area contributed by atoms with Gasteiger partial charge in [-0.05, 0) is 24.8 Å². The van der Waals surface area contributed by atoms with Crippen molar-refractivity contribution in [2.24, 2.45) is 5.92 Å². The number of carbonyl (C=O) groups excluding carboxylic acids is 1. The molecule has 0 fully saturated rings. The molecular weight excluding hydrogens is 297 g/mol. The van der Waals surface area contributed by atoms with E-state index in [0.29, 0.717) is 11.8 Å². The molecule has 0 saturated carbocycles. The number of nitrogens with zero attached hydrogens (tertiary/aromatic N) is 3. The van der Waals surface area contributed by atoms with Crippen LogP contribution < -0.4 is 4.90 Å². The summed E-state index contributed by atoms with van der Waals surface area (Å²) in [4.78, 5) is 20.6. The number of halogens is 2. The lowest BCUT2D eigenvalue weighted by atomic mass is 9.99. The second-order valence-electron chi connectivity index (χ2n) is 5.32. The molecule has 2 heterocycles. The van der Waals surface area contributed by atoms with E-state index in [-0.39, 0.29) is 18.3 Å². The van der Waals surface area contributed by atoms with Crippen LogP contribution in [0, 0.1) is 5.92 Å². The molecule has 112 valence electrons. The molecule has 0 N–H and O–H groups in total. The van der Waals surface area contributed by atoms with Gasteiger partial charge >= 0.3 is 0 Å². The van der Waals surface area contributed by atoms with Gasteiger partial charge in [0.2, 0.25) is 0 Å². The van der Waals surface area contributed by atoms with Crippen LogP contribution in [0.3, 0.4) is 0 Å². The maximum atomic E-state index is 12.4. The van der Waals surface area contributed by atoms with Gasteiger partial charge in [0.15, 0.2) is 0 Å². The van der Waals surface area contributed by atoms with Crippen LogP contribution >= 0.6 is 24.0 Å². The van der Waals surface area contributed by atoms with Crippen LogP contribution in [0.2, 0.25) is 0 Å². The Hall–Kier alpha value is -1.000. The molecule has 1 aromatic rings. The summed E-state index contributed by atoms with van der Waals surface area (Å²) in [5, 5.41) is 0. The maximum absolute atomic E-state index is 12.4. The molecule has 6 heteroatoms. The van der Waals surface area contributed by atoms with E-state index in [1.54, 1.807) is 4.90 Å². The highest BCUT2D eigenvalue weighted by Crippen LogP contribution is 2.24. The average Bonchev–Trinajstić information content (AvgIpc) is 2.48. The van der Waals surface area contributed by atoms with Crippen LogP contribution in [-0.2, 0) is 6.42 Å². The minimum absolute atomic E-state index is 0. The Morgan fingerprint density at radius 1 is 1.50 bits per heavy atom. The monoisotopic (exact) mass is 317 g/mol. The summed E-state index contributed by atoms with van der Waals surface area (Å²) < 4.78 is 0. The van der Waals surface area contributed by atoms with Crippen molar-refractivity contribution in [3.63, 3.8) is 0 Å². The molecular formula is C14H21Cl2N3O. The van der Waals surface area contributed by atoms with Crippen LogP contribution in [0.15, 0.2) is 12.3 Å². The van der Waals surface area contributed by atoms with Gasteiger partial charge in [-0.15, -0.1) is 24.0 Å². The molecule has 20 heavy (non-hydrogen) atoms. The molecule has 4 nitrogen and oxygen atoms in total. The maximum Gasteiger partial charge on any atom is 0.255 e. The largest absolute Gasteiger partial charge is 0.376 e. The number of pyridine rings is 1. The highest BCUT2D eigenvalue weighted by Gasteiger charge is 2.26. The first-order valence-electron chi connectivity index (χ1n) is 6.50. The van der Waals surface area contributed by atoms with Crippen molar-refractivity contribution in [3.8, 4) is 0 Å². The summed E-state index contributed by atoms with van der Waals surface area (Å²) in [5.74, 6) is 1.08. The van der Waals surface area contributed by atoms with E-state index < -0.39 is 0 Å². The summed E-state index contributed by atoms with van der Waals surface area (Å²) in [6.45, 7) is 0.749. The van der Waals surface area contributed by atoms with Gasteiger partial charge in [0, 0.05) is 33.6 Å². The SMILES string of the molecule is CN1CC(CCCl)Cc2ncc(N(C)C)cc2C1=O.Cl. The average molecular weight is 318 g/mol. The molecule has 1 unspecified atom stereocenters. The van der Waals surface area contributed by atoms with Gasteiger partial charge in [0.1, 0.15) is 0 Å². The summed E-state index contributed by atoms with van der Waals surface area (Å²) in [6, 6.07) is 1.93. The van der Waals surface area contributed by atoms with E-state index in [1.807, 2.05) is 38.3 Å². The molecule has 0 bridgehead atoms. The van der Waals surface area contributed by atoms with Crippen molar-refractivity contribution in [1.29, 1.82) is 0 Å². The Morgan fingerprint density at radius 3 is 2.80 bits per heavy atom. The van der Waals surface area contributed by atoms with Crippen molar-refractivity contribution < 1.29 is 4.79 Å². The molecule has 2 rings (SSSR count). The molecule has 0 aromatic carbocycles. The highest BCUT2D eigenvalue weighted by molar-refractivity contribution is 6.17. The number of amides is 1. The number of hydrogen-bond donors (Lipinski definition) is 0. The minimum atomic E-state index is 0. The van der Waals surface area contributed by atoms with Crippen molar-refractivity contribution in [2.45, 2.75) is 12.8 Å². The first-order valence-corrected chi connectivity index (χ1v) is 7.04. The van der Waals surface area contributed by atoms with Gasteiger partial charge in [-0.1, -0.05) is 0 Å². The quantitative estimate of drug-likeness (QED) is 0.803. The predicted octanol–water partition coefficient (Wildman–Crippen LogP) is 2.44. The first kappa shape index (κ1) is 17.1. The molecule has 1 aromatic heterocycles. The molecule has 0 aliphatic carbocycles. The Kier molecular flexibility index (Phi) is 6.08. The molecule has 1 atom stereocenters. The zero-order valence-corrected chi connectivity index (χ0v) is 13.7. The van der Waals surface area contributed by atoms with E-state index in [4.69, 9.17) is 11.6 Å². The zero-order valence-electron chi connectivity index (χ0n) is 12.1. The van der Waals surface area contributed by atoms with Crippen LogP contribution in [0.4, 0.5) is 5.69 Å². The summed E-state index contributed by atoms with van der Waals surface area (Å²) >= 11 is 5.84. The summed E-state index contributed by atoms with van der Waals surface area (Å²) in [5.41, 5.74) is 2.58. The van der Waals surface area contributed by atoms with Gasteiger partial charge in [-0.3, -0.25) is 9.78 Å². The standard InChI is InChI=1S/C14H20ClN3O.ClH/c1-17(2)11-7-12-13(16-8-11)6-10(4-5-15)9-18(3)14(12)19;/h7-8,10H,4-6,9H2,1-3H3;1H. The molecule has 0 spiro atoms. The van der Waals surface area contributed by atoms with Crippen LogP contribution in [0.5, 0.6) is 0 Å². The van der Waals surface area contributed by atoms with Gasteiger partial charge in [0.05, 0.1) is 23.1 Å². The number of anilines is 1.